The summed E-state index contributed by atoms with van der Waals surface area (Å²) in [6.07, 6.45) is -1.65. The topological polar surface area (TPSA) is 49.7 Å². The molecule has 4 nitrogen and oxygen atoms in total. The van der Waals surface area contributed by atoms with Crippen LogP contribution in [0, 0.1) is 0 Å². The number of ether oxygens (including phenoxy) is 1. The molecule has 0 aromatic rings. The number of quaternary nitrogens is 1. The van der Waals surface area contributed by atoms with Crippen LogP contribution in [0.4, 0.5) is 0 Å². The molecule has 4 heteroatoms. The molecule has 0 unspecified atom stereocenters. The summed E-state index contributed by atoms with van der Waals surface area (Å²) >= 11 is 0. The third-order valence-electron chi connectivity index (χ3n) is 1.98. The van der Waals surface area contributed by atoms with Gasteiger partial charge in [-0.3, -0.25) is 0 Å². The molecule has 0 aliphatic carbocycles. The molecule has 0 aromatic heterocycles. The fourth-order valence-electron chi connectivity index (χ4n) is 1.37. The average Bonchev–Trinajstić information content (AvgIpc) is 2.16. The van der Waals surface area contributed by atoms with Gasteiger partial charge in [0.1, 0.15) is 24.9 Å². The van der Waals surface area contributed by atoms with Gasteiger partial charge in [-0.1, -0.05) is 0 Å². The van der Waals surface area contributed by atoms with Crippen molar-refractivity contribution in [3.8, 4) is 0 Å². The van der Waals surface area contributed by atoms with E-state index in [4.69, 9.17) is 4.74 Å². The number of rotatable bonds is 2. The minimum absolute atomic E-state index is 0.222. The molecule has 0 amide bonds. The summed E-state index contributed by atoms with van der Waals surface area (Å²) in [5.41, 5.74) is 0. The monoisotopic (exact) mass is 176 g/mol. The summed E-state index contributed by atoms with van der Waals surface area (Å²) in [5.74, 6) is 0. The maximum Gasteiger partial charge on any atom is 0.135 e. The third-order valence-corrected chi connectivity index (χ3v) is 1.98. The zero-order valence-corrected chi connectivity index (χ0v) is 7.90. The maximum absolute atomic E-state index is 9.44. The predicted octanol–water partition coefficient (Wildman–Crippen LogP) is -1.19. The number of nitrogens with zero attached hydrogens (tertiary/aromatic N) is 1. The van der Waals surface area contributed by atoms with Crippen molar-refractivity contribution in [3.63, 3.8) is 0 Å². The van der Waals surface area contributed by atoms with E-state index in [-0.39, 0.29) is 12.7 Å². The van der Waals surface area contributed by atoms with E-state index in [0.29, 0.717) is 0 Å². The Morgan fingerprint density at radius 2 is 1.92 bits per heavy atom. The van der Waals surface area contributed by atoms with Crippen LogP contribution < -0.4 is 0 Å². The lowest BCUT2D eigenvalue weighted by atomic mass is 10.1. The Morgan fingerprint density at radius 1 is 1.33 bits per heavy atom. The molecule has 1 aliphatic rings. The van der Waals surface area contributed by atoms with Crippen molar-refractivity contribution in [3.05, 3.63) is 0 Å². The Balaban J connectivity index is 2.44. The van der Waals surface area contributed by atoms with Crippen LogP contribution in [0.5, 0.6) is 0 Å². The van der Waals surface area contributed by atoms with E-state index in [9.17, 15) is 10.2 Å². The first-order chi connectivity index (χ1) is 5.40. The van der Waals surface area contributed by atoms with Gasteiger partial charge < -0.3 is 19.4 Å². The van der Waals surface area contributed by atoms with Gasteiger partial charge in [-0.05, 0) is 0 Å². The molecule has 1 heterocycles. The third kappa shape index (κ3) is 2.42. The molecule has 1 saturated heterocycles. The molecule has 3 atom stereocenters. The molecule has 0 spiro atoms. The minimum atomic E-state index is -0.720. The van der Waals surface area contributed by atoms with Crippen molar-refractivity contribution < 1.29 is 19.4 Å². The predicted molar refractivity (Wildman–Crippen MR) is 44.7 cm³/mol. The Bertz CT molecular complexity index is 155. The van der Waals surface area contributed by atoms with E-state index in [1.165, 1.54) is 0 Å². The fourth-order valence-corrected chi connectivity index (χ4v) is 1.37. The number of hydrogen-bond acceptors (Lipinski definition) is 3. The molecule has 0 aromatic carbocycles. The van der Waals surface area contributed by atoms with Crippen LogP contribution in [0.2, 0.25) is 0 Å². The van der Waals surface area contributed by atoms with Gasteiger partial charge in [-0.15, -0.1) is 0 Å². The van der Waals surface area contributed by atoms with Gasteiger partial charge in [0.25, 0.3) is 0 Å². The van der Waals surface area contributed by atoms with E-state index in [0.717, 1.165) is 11.0 Å². The standard InChI is InChI=1S/C8H18NO3/c1-9(2,3)4-7-8(11)6(10)5-12-7/h6-8,10-11H,4-5H2,1-3H3/q+1/t6-,7+,8-/m0/s1. The van der Waals surface area contributed by atoms with Gasteiger partial charge in [0, 0.05) is 0 Å². The maximum atomic E-state index is 9.44. The van der Waals surface area contributed by atoms with Gasteiger partial charge in [0.05, 0.1) is 27.7 Å². The van der Waals surface area contributed by atoms with Gasteiger partial charge in [0.2, 0.25) is 0 Å². The Kier molecular flexibility index (Phi) is 2.73. The summed E-state index contributed by atoms with van der Waals surface area (Å²) < 4.78 is 5.97. The van der Waals surface area contributed by atoms with Gasteiger partial charge >= 0.3 is 0 Å². The average molecular weight is 176 g/mol. The first kappa shape index (κ1) is 9.92. The second kappa shape index (κ2) is 3.30. The molecule has 12 heavy (non-hydrogen) atoms. The van der Waals surface area contributed by atoms with Gasteiger partial charge in [-0.2, -0.15) is 0 Å². The van der Waals surface area contributed by atoms with Crippen molar-refractivity contribution in [2.24, 2.45) is 0 Å². The number of aliphatic hydroxyl groups excluding tert-OH is 2. The Morgan fingerprint density at radius 3 is 2.25 bits per heavy atom. The van der Waals surface area contributed by atoms with E-state index in [1.54, 1.807) is 0 Å². The van der Waals surface area contributed by atoms with Crippen LogP contribution in [0.25, 0.3) is 0 Å². The Labute approximate surface area is 73.0 Å². The highest BCUT2D eigenvalue weighted by Gasteiger charge is 2.37. The molecular weight excluding hydrogens is 158 g/mol. The summed E-state index contributed by atoms with van der Waals surface area (Å²) in [4.78, 5) is 0. The summed E-state index contributed by atoms with van der Waals surface area (Å²) in [7, 11) is 6.09. The lowest BCUT2D eigenvalue weighted by Crippen LogP contribution is -2.46. The van der Waals surface area contributed by atoms with Crippen LogP contribution in [-0.4, -0.2) is 67.3 Å². The lowest BCUT2D eigenvalue weighted by molar-refractivity contribution is -0.873. The summed E-state index contributed by atoms with van der Waals surface area (Å²) in [5, 5.41) is 18.6. The molecule has 1 aliphatic heterocycles. The second-order valence-electron chi connectivity index (χ2n) is 4.40. The van der Waals surface area contributed by atoms with E-state index in [2.05, 4.69) is 0 Å². The molecule has 0 saturated carbocycles. The van der Waals surface area contributed by atoms with Crippen molar-refractivity contribution in [2.45, 2.75) is 18.3 Å². The van der Waals surface area contributed by atoms with E-state index in [1.807, 2.05) is 21.1 Å². The highest BCUT2D eigenvalue weighted by molar-refractivity contribution is 4.82. The summed E-state index contributed by atoms with van der Waals surface area (Å²) in [6, 6.07) is 0. The van der Waals surface area contributed by atoms with Crippen LogP contribution >= 0.6 is 0 Å². The quantitative estimate of drug-likeness (QED) is 0.520. The number of hydrogen-bond donors (Lipinski definition) is 2. The van der Waals surface area contributed by atoms with Crippen LogP contribution in [0.1, 0.15) is 0 Å². The molecular formula is C8H18NO3+. The number of likely N-dealkylation sites (N-methyl/N-ethyl adjacent to an activating group) is 1. The van der Waals surface area contributed by atoms with Crippen LogP contribution in [0.3, 0.4) is 0 Å². The molecule has 0 radical (unpaired) electrons. The van der Waals surface area contributed by atoms with Crippen LogP contribution in [0.15, 0.2) is 0 Å². The van der Waals surface area contributed by atoms with E-state index < -0.39 is 12.2 Å². The second-order valence-corrected chi connectivity index (χ2v) is 4.40. The highest BCUT2D eigenvalue weighted by Crippen LogP contribution is 2.15. The van der Waals surface area contributed by atoms with E-state index >= 15 is 0 Å². The van der Waals surface area contributed by atoms with Crippen molar-refractivity contribution in [1.82, 2.24) is 0 Å². The lowest BCUT2D eigenvalue weighted by Gasteiger charge is -2.28. The van der Waals surface area contributed by atoms with Crippen LogP contribution in [-0.2, 0) is 4.74 Å². The minimum Gasteiger partial charge on any atom is -0.388 e. The molecule has 1 rings (SSSR count). The fraction of sp³-hybridized carbons (Fsp3) is 1.00. The van der Waals surface area contributed by atoms with Crippen molar-refractivity contribution in [2.75, 3.05) is 34.3 Å². The number of aliphatic hydroxyl groups is 2. The first-order valence-corrected chi connectivity index (χ1v) is 4.18. The Hall–Kier alpha value is -0.160. The van der Waals surface area contributed by atoms with Crippen molar-refractivity contribution in [1.29, 1.82) is 0 Å². The first-order valence-electron chi connectivity index (χ1n) is 4.18. The normalized spacial score (nSPS) is 37.2. The smallest absolute Gasteiger partial charge is 0.135 e. The summed E-state index contributed by atoms with van der Waals surface area (Å²) in [6.45, 7) is 0.976. The molecule has 2 N–H and O–H groups in total. The molecule has 0 bridgehead atoms. The zero-order chi connectivity index (χ0) is 9.35. The van der Waals surface area contributed by atoms with Gasteiger partial charge in [-0.25, -0.2) is 0 Å². The zero-order valence-electron chi connectivity index (χ0n) is 7.90. The van der Waals surface area contributed by atoms with Gasteiger partial charge in [0.15, 0.2) is 0 Å². The molecule has 1 fully saturated rings. The highest BCUT2D eigenvalue weighted by atomic mass is 16.5. The largest absolute Gasteiger partial charge is 0.388 e. The SMILES string of the molecule is C[N+](C)(C)C[C@H]1OC[C@H](O)[C@@H]1O. The molecule has 72 valence electrons. The van der Waals surface area contributed by atoms with Crippen molar-refractivity contribution >= 4 is 0 Å².